The molecular weight excluding hydrogens is 308 g/mol. The smallest absolute Gasteiger partial charge is 0.251 e. The molecule has 0 radical (unpaired) electrons. The van der Waals surface area contributed by atoms with E-state index in [1.807, 2.05) is 67.6 Å². The first-order valence-electron chi connectivity index (χ1n) is 7.20. The lowest BCUT2D eigenvalue weighted by molar-refractivity contribution is -0.117. The van der Waals surface area contributed by atoms with E-state index in [-0.39, 0.29) is 5.91 Å². The second-order valence-electron chi connectivity index (χ2n) is 4.99. The van der Waals surface area contributed by atoms with Crippen LogP contribution in [0.25, 0.3) is 0 Å². The molecule has 1 heterocycles. The van der Waals surface area contributed by atoms with Crippen LogP contribution in [0.2, 0.25) is 0 Å². The average Bonchev–Trinajstić information content (AvgIpc) is 2.99. The number of benzene rings is 2. The number of aromatic nitrogens is 2. The van der Waals surface area contributed by atoms with Gasteiger partial charge in [0.15, 0.2) is 0 Å². The van der Waals surface area contributed by atoms with Gasteiger partial charge in [0.1, 0.15) is 11.9 Å². The van der Waals surface area contributed by atoms with Gasteiger partial charge in [-0.05, 0) is 24.6 Å². The van der Waals surface area contributed by atoms with Gasteiger partial charge >= 0.3 is 0 Å². The third-order valence-electron chi connectivity index (χ3n) is 3.23. The topological polar surface area (TPSA) is 66.9 Å². The van der Waals surface area contributed by atoms with E-state index in [1.165, 1.54) is 11.5 Å². The predicted octanol–water partition coefficient (Wildman–Crippen LogP) is 3.64. The molecule has 0 aliphatic carbocycles. The number of para-hydroxylation sites is 1. The minimum atomic E-state index is -0.538. The maximum absolute atomic E-state index is 12.7. The van der Waals surface area contributed by atoms with Gasteiger partial charge in [-0.1, -0.05) is 48.5 Å². The molecule has 0 fully saturated rings. The van der Waals surface area contributed by atoms with Crippen molar-refractivity contribution in [3.8, 4) is 0 Å². The summed E-state index contributed by atoms with van der Waals surface area (Å²) in [5.41, 5.74) is 1.63. The van der Waals surface area contributed by atoms with Crippen molar-refractivity contribution in [2.45, 2.75) is 13.0 Å². The summed E-state index contributed by atoms with van der Waals surface area (Å²) in [6, 6.07) is 18.4. The van der Waals surface area contributed by atoms with Gasteiger partial charge in [0.05, 0.1) is 0 Å². The van der Waals surface area contributed by atoms with Crippen LogP contribution in [0.4, 0.5) is 10.8 Å². The summed E-state index contributed by atoms with van der Waals surface area (Å²) in [6.07, 6.45) is 0. The molecule has 1 atom stereocenters. The molecule has 0 spiro atoms. The molecule has 0 unspecified atom stereocenters. The van der Waals surface area contributed by atoms with Crippen molar-refractivity contribution in [1.29, 1.82) is 0 Å². The molecule has 0 saturated heterocycles. The average molecular weight is 324 g/mol. The van der Waals surface area contributed by atoms with E-state index < -0.39 is 6.04 Å². The minimum Gasteiger partial charge on any atom is -0.345 e. The first kappa shape index (κ1) is 15.2. The number of nitrogens with one attached hydrogen (secondary N) is 2. The maximum atomic E-state index is 12.7. The van der Waals surface area contributed by atoms with E-state index in [9.17, 15) is 4.79 Å². The minimum absolute atomic E-state index is 0.143. The Hall–Kier alpha value is -2.73. The fourth-order valence-corrected chi connectivity index (χ4v) is 2.76. The summed E-state index contributed by atoms with van der Waals surface area (Å²) in [7, 11) is 0. The zero-order chi connectivity index (χ0) is 16.1. The Bertz CT molecular complexity index is 774. The summed E-state index contributed by atoms with van der Waals surface area (Å²) < 4.78 is 4.14. The molecule has 0 aliphatic heterocycles. The third-order valence-corrected chi connectivity index (χ3v) is 3.97. The highest BCUT2D eigenvalue weighted by molar-refractivity contribution is 7.09. The summed E-state index contributed by atoms with van der Waals surface area (Å²) in [6.45, 7) is 1.82. The number of hydrogen-bond acceptors (Lipinski definition) is 5. The third kappa shape index (κ3) is 3.92. The molecule has 3 rings (SSSR count). The Morgan fingerprint density at radius 3 is 2.30 bits per heavy atom. The summed E-state index contributed by atoms with van der Waals surface area (Å²) in [4.78, 5) is 17.0. The number of hydrogen-bond donors (Lipinski definition) is 2. The number of nitrogens with zero attached hydrogens (tertiary/aromatic N) is 2. The monoisotopic (exact) mass is 324 g/mol. The largest absolute Gasteiger partial charge is 0.345 e. The van der Waals surface area contributed by atoms with Crippen LogP contribution in [0.15, 0.2) is 60.7 Å². The van der Waals surface area contributed by atoms with Crippen LogP contribution in [0, 0.1) is 6.92 Å². The first-order chi connectivity index (χ1) is 11.2. The van der Waals surface area contributed by atoms with Crippen LogP contribution < -0.4 is 10.6 Å². The molecule has 2 aromatic carbocycles. The van der Waals surface area contributed by atoms with Crippen molar-refractivity contribution >= 4 is 28.3 Å². The molecule has 1 amide bonds. The molecule has 5 nitrogen and oxygen atoms in total. The number of aryl methyl sites for hydroxylation is 1. The Labute approximate surface area is 138 Å². The van der Waals surface area contributed by atoms with Crippen molar-refractivity contribution in [3.05, 3.63) is 72.1 Å². The molecule has 0 aliphatic rings. The first-order valence-corrected chi connectivity index (χ1v) is 7.97. The normalized spacial score (nSPS) is 11.7. The fraction of sp³-hybridized carbons (Fsp3) is 0.118. The lowest BCUT2D eigenvalue weighted by atomic mass is 10.1. The standard InChI is InChI=1S/C17H16N4OS/c1-12-18-17(23-21-12)20-15(13-8-4-2-5-9-13)16(22)19-14-10-6-3-7-11-14/h2-11,15H,1H3,(H,19,22)(H,18,20,21)/t15-/m1/s1. The van der Waals surface area contributed by atoms with Gasteiger partial charge < -0.3 is 10.6 Å². The Kier molecular flexibility index (Phi) is 4.63. The Morgan fingerprint density at radius 2 is 1.70 bits per heavy atom. The molecule has 23 heavy (non-hydrogen) atoms. The van der Waals surface area contributed by atoms with Crippen molar-refractivity contribution in [2.24, 2.45) is 0 Å². The predicted molar refractivity (Wildman–Crippen MR) is 92.5 cm³/mol. The van der Waals surface area contributed by atoms with E-state index >= 15 is 0 Å². The zero-order valence-corrected chi connectivity index (χ0v) is 13.4. The van der Waals surface area contributed by atoms with Crippen molar-refractivity contribution in [3.63, 3.8) is 0 Å². The number of amides is 1. The molecule has 1 aromatic heterocycles. The van der Waals surface area contributed by atoms with E-state index in [0.717, 1.165) is 11.3 Å². The van der Waals surface area contributed by atoms with E-state index in [2.05, 4.69) is 20.0 Å². The maximum Gasteiger partial charge on any atom is 0.251 e. The lowest BCUT2D eigenvalue weighted by Gasteiger charge is -2.18. The van der Waals surface area contributed by atoms with Crippen LogP contribution in [0.1, 0.15) is 17.4 Å². The van der Waals surface area contributed by atoms with E-state index in [4.69, 9.17) is 0 Å². The van der Waals surface area contributed by atoms with Crippen LogP contribution in [0.5, 0.6) is 0 Å². The molecule has 0 saturated carbocycles. The van der Waals surface area contributed by atoms with Gasteiger partial charge in [-0.2, -0.15) is 4.37 Å². The van der Waals surface area contributed by atoms with E-state index in [1.54, 1.807) is 0 Å². The van der Waals surface area contributed by atoms with Gasteiger partial charge in [-0.25, -0.2) is 4.98 Å². The highest BCUT2D eigenvalue weighted by Gasteiger charge is 2.21. The summed E-state index contributed by atoms with van der Waals surface area (Å²) in [5, 5.41) is 6.72. The van der Waals surface area contributed by atoms with Crippen LogP contribution in [-0.4, -0.2) is 15.3 Å². The number of carbonyl (C=O) groups is 1. The van der Waals surface area contributed by atoms with Crippen LogP contribution >= 0.6 is 11.5 Å². The number of carbonyl (C=O) groups excluding carboxylic acids is 1. The summed E-state index contributed by atoms with van der Waals surface area (Å²) in [5.74, 6) is 0.544. The molecule has 116 valence electrons. The molecule has 0 bridgehead atoms. The SMILES string of the molecule is Cc1nsc(N[C@@H](C(=O)Nc2ccccc2)c2ccccc2)n1. The van der Waals surface area contributed by atoms with Crippen molar-refractivity contribution < 1.29 is 4.79 Å². The molecule has 3 aromatic rings. The Morgan fingerprint density at radius 1 is 1.04 bits per heavy atom. The van der Waals surface area contributed by atoms with Crippen molar-refractivity contribution in [1.82, 2.24) is 9.36 Å². The molecule has 6 heteroatoms. The summed E-state index contributed by atoms with van der Waals surface area (Å²) >= 11 is 1.24. The van der Waals surface area contributed by atoms with E-state index in [0.29, 0.717) is 11.0 Å². The van der Waals surface area contributed by atoms with Crippen LogP contribution in [-0.2, 0) is 4.79 Å². The van der Waals surface area contributed by atoms with Gasteiger partial charge in [0, 0.05) is 17.2 Å². The van der Waals surface area contributed by atoms with Gasteiger partial charge in [0.2, 0.25) is 5.13 Å². The van der Waals surface area contributed by atoms with Gasteiger partial charge in [-0.15, -0.1) is 0 Å². The molecule has 2 N–H and O–H groups in total. The molecular formula is C17H16N4OS. The zero-order valence-electron chi connectivity index (χ0n) is 12.6. The number of rotatable bonds is 5. The fourth-order valence-electron chi connectivity index (χ4n) is 2.16. The quantitative estimate of drug-likeness (QED) is 0.752. The van der Waals surface area contributed by atoms with Gasteiger partial charge in [0.25, 0.3) is 5.91 Å². The number of anilines is 2. The second-order valence-corrected chi connectivity index (χ2v) is 5.74. The second kappa shape index (κ2) is 7.02. The lowest BCUT2D eigenvalue weighted by Crippen LogP contribution is -2.27. The van der Waals surface area contributed by atoms with Crippen LogP contribution in [0.3, 0.4) is 0 Å². The highest BCUT2D eigenvalue weighted by atomic mass is 32.1. The highest BCUT2D eigenvalue weighted by Crippen LogP contribution is 2.22. The van der Waals surface area contributed by atoms with Crippen molar-refractivity contribution in [2.75, 3.05) is 10.6 Å². The van der Waals surface area contributed by atoms with Gasteiger partial charge in [-0.3, -0.25) is 4.79 Å². The Balaban J connectivity index is 1.84.